The number of rotatable bonds is 4. The quantitative estimate of drug-likeness (QED) is 0.328. The van der Waals surface area contributed by atoms with E-state index in [1.807, 2.05) is 35.8 Å². The van der Waals surface area contributed by atoms with Crippen LogP contribution in [0, 0.1) is 10.1 Å². The third-order valence-electron chi connectivity index (χ3n) is 4.49. The van der Waals surface area contributed by atoms with Gasteiger partial charge in [0.2, 0.25) is 5.95 Å². The predicted octanol–water partition coefficient (Wildman–Crippen LogP) is 4.57. The van der Waals surface area contributed by atoms with Crippen molar-refractivity contribution in [2.45, 2.75) is 13.5 Å². The van der Waals surface area contributed by atoms with Crippen molar-refractivity contribution in [3.05, 3.63) is 70.3 Å². The molecular weight excluding hydrogens is 344 g/mol. The average molecular weight is 360 g/mol. The molecule has 27 heavy (non-hydrogen) atoms. The molecule has 0 unspecified atom stereocenters. The summed E-state index contributed by atoms with van der Waals surface area (Å²) in [6.07, 6.45) is 1.55. The standard InChI is InChI=1S/C20H16N4O3/c1-2-23-18-6-4-3-5-17(18)22-20(23)21-12-16-15-9-8-14(24(26)27)11-13(15)7-10-19(16)25/h3-12,25H,2H2,1H3. The molecule has 0 atom stereocenters. The first-order valence-corrected chi connectivity index (χ1v) is 8.48. The Hall–Kier alpha value is -3.74. The number of benzene rings is 3. The van der Waals surface area contributed by atoms with Crippen molar-refractivity contribution in [3.8, 4) is 5.75 Å². The SMILES string of the molecule is CCn1c(N=Cc2c(O)ccc3cc([N+](=O)[O-])ccc23)nc2ccccc21. The molecule has 0 fully saturated rings. The van der Waals surface area contributed by atoms with Crippen molar-refractivity contribution in [3.63, 3.8) is 0 Å². The van der Waals surface area contributed by atoms with E-state index >= 15 is 0 Å². The van der Waals surface area contributed by atoms with E-state index in [9.17, 15) is 15.2 Å². The number of imidazole rings is 1. The van der Waals surface area contributed by atoms with E-state index in [1.54, 1.807) is 18.3 Å². The molecule has 1 heterocycles. The van der Waals surface area contributed by atoms with Gasteiger partial charge in [0.1, 0.15) is 5.75 Å². The number of aromatic hydroxyl groups is 1. The predicted molar refractivity (Wildman–Crippen MR) is 105 cm³/mol. The molecule has 3 aromatic carbocycles. The second-order valence-electron chi connectivity index (χ2n) is 6.06. The Kier molecular flexibility index (Phi) is 4.04. The van der Waals surface area contributed by atoms with Crippen LogP contribution in [0.25, 0.3) is 21.8 Å². The Labute approximate surface area is 154 Å². The van der Waals surface area contributed by atoms with Crippen LogP contribution < -0.4 is 0 Å². The topological polar surface area (TPSA) is 93.5 Å². The van der Waals surface area contributed by atoms with Crippen LogP contribution in [-0.4, -0.2) is 25.8 Å². The molecule has 134 valence electrons. The lowest BCUT2D eigenvalue weighted by Gasteiger charge is -2.05. The molecular formula is C20H16N4O3. The van der Waals surface area contributed by atoms with Crippen LogP contribution in [0.4, 0.5) is 11.6 Å². The second-order valence-corrected chi connectivity index (χ2v) is 6.06. The van der Waals surface area contributed by atoms with Gasteiger partial charge in [-0.15, -0.1) is 0 Å². The number of phenols is 1. The highest BCUT2D eigenvalue weighted by molar-refractivity contribution is 6.03. The molecule has 7 heteroatoms. The zero-order valence-electron chi connectivity index (χ0n) is 14.5. The van der Waals surface area contributed by atoms with Gasteiger partial charge in [-0.05, 0) is 42.0 Å². The number of aromatic nitrogens is 2. The third kappa shape index (κ3) is 2.89. The zero-order chi connectivity index (χ0) is 19.0. The molecule has 4 aromatic rings. The van der Waals surface area contributed by atoms with Gasteiger partial charge >= 0.3 is 0 Å². The molecule has 0 radical (unpaired) electrons. The monoisotopic (exact) mass is 360 g/mol. The number of phenolic OH excluding ortho intramolecular Hbond substituents is 1. The normalized spacial score (nSPS) is 11.6. The Morgan fingerprint density at radius 3 is 2.81 bits per heavy atom. The highest BCUT2D eigenvalue weighted by Gasteiger charge is 2.12. The smallest absolute Gasteiger partial charge is 0.270 e. The van der Waals surface area contributed by atoms with Crippen LogP contribution in [0.5, 0.6) is 5.75 Å². The Morgan fingerprint density at radius 2 is 2.04 bits per heavy atom. The first kappa shape index (κ1) is 16.7. The zero-order valence-corrected chi connectivity index (χ0v) is 14.5. The molecule has 7 nitrogen and oxygen atoms in total. The number of aryl methyl sites for hydroxylation is 1. The maximum absolute atomic E-state index is 11.0. The van der Waals surface area contributed by atoms with Crippen molar-refractivity contribution in [1.29, 1.82) is 0 Å². The molecule has 0 aliphatic carbocycles. The highest BCUT2D eigenvalue weighted by atomic mass is 16.6. The number of non-ortho nitro benzene ring substituents is 1. The van der Waals surface area contributed by atoms with Gasteiger partial charge in [0.15, 0.2) is 0 Å². The lowest BCUT2D eigenvalue weighted by atomic mass is 10.0. The minimum Gasteiger partial charge on any atom is -0.507 e. The van der Waals surface area contributed by atoms with Crippen LogP contribution in [-0.2, 0) is 6.54 Å². The van der Waals surface area contributed by atoms with Crippen molar-refractivity contribution in [1.82, 2.24) is 9.55 Å². The number of fused-ring (bicyclic) bond motifs is 2. The van der Waals surface area contributed by atoms with Crippen LogP contribution in [0.1, 0.15) is 12.5 Å². The average Bonchev–Trinajstić information content (AvgIpc) is 3.04. The Bertz CT molecular complexity index is 1210. The van der Waals surface area contributed by atoms with Gasteiger partial charge in [0.05, 0.1) is 16.0 Å². The number of hydrogen-bond donors (Lipinski definition) is 1. The number of nitrogens with zero attached hydrogens (tertiary/aromatic N) is 4. The van der Waals surface area contributed by atoms with E-state index in [0.717, 1.165) is 11.0 Å². The van der Waals surface area contributed by atoms with Gasteiger partial charge in [0.25, 0.3) is 5.69 Å². The van der Waals surface area contributed by atoms with Gasteiger partial charge in [0, 0.05) is 30.5 Å². The molecule has 1 aromatic heterocycles. The fourth-order valence-electron chi connectivity index (χ4n) is 3.17. The lowest BCUT2D eigenvalue weighted by Crippen LogP contribution is -1.94. The summed E-state index contributed by atoms with van der Waals surface area (Å²) in [4.78, 5) is 19.6. The van der Waals surface area contributed by atoms with Crippen LogP contribution in [0.15, 0.2) is 59.6 Å². The molecule has 0 aliphatic heterocycles. The van der Waals surface area contributed by atoms with Gasteiger partial charge in [-0.1, -0.05) is 18.2 Å². The van der Waals surface area contributed by atoms with Crippen molar-refractivity contribution in [2.24, 2.45) is 4.99 Å². The molecule has 4 rings (SSSR count). The summed E-state index contributed by atoms with van der Waals surface area (Å²) in [5, 5.41) is 22.6. The number of nitro benzene ring substituents is 1. The first-order chi connectivity index (χ1) is 13.1. The largest absolute Gasteiger partial charge is 0.507 e. The van der Waals surface area contributed by atoms with Gasteiger partial charge in [-0.3, -0.25) is 10.1 Å². The summed E-state index contributed by atoms with van der Waals surface area (Å²) in [5.41, 5.74) is 2.34. The summed E-state index contributed by atoms with van der Waals surface area (Å²) >= 11 is 0. The van der Waals surface area contributed by atoms with E-state index in [4.69, 9.17) is 0 Å². The Morgan fingerprint density at radius 1 is 1.22 bits per heavy atom. The lowest BCUT2D eigenvalue weighted by molar-refractivity contribution is -0.384. The molecule has 0 bridgehead atoms. The summed E-state index contributed by atoms with van der Waals surface area (Å²) in [6.45, 7) is 2.72. The molecule has 1 N–H and O–H groups in total. The van der Waals surface area contributed by atoms with Crippen molar-refractivity contribution >= 4 is 39.7 Å². The molecule has 0 aliphatic rings. The van der Waals surface area contributed by atoms with Gasteiger partial charge in [-0.25, -0.2) is 9.98 Å². The fraction of sp³-hybridized carbons (Fsp3) is 0.100. The number of hydrogen-bond acceptors (Lipinski definition) is 5. The van der Waals surface area contributed by atoms with E-state index in [-0.39, 0.29) is 11.4 Å². The minimum absolute atomic E-state index is 0.00357. The fourth-order valence-corrected chi connectivity index (χ4v) is 3.17. The van der Waals surface area contributed by atoms with Gasteiger partial charge in [-0.2, -0.15) is 0 Å². The molecule has 0 amide bonds. The maximum atomic E-state index is 11.0. The third-order valence-corrected chi connectivity index (χ3v) is 4.49. The number of nitro groups is 1. The molecule has 0 spiro atoms. The van der Waals surface area contributed by atoms with E-state index in [0.29, 0.717) is 28.8 Å². The van der Waals surface area contributed by atoms with Gasteiger partial charge < -0.3 is 9.67 Å². The van der Waals surface area contributed by atoms with E-state index in [2.05, 4.69) is 9.98 Å². The molecule has 0 saturated heterocycles. The Balaban J connectivity index is 1.84. The van der Waals surface area contributed by atoms with Crippen LogP contribution in [0.3, 0.4) is 0 Å². The number of aliphatic imine (C=N–C) groups is 1. The first-order valence-electron chi connectivity index (χ1n) is 8.48. The second kappa shape index (κ2) is 6.53. The number of para-hydroxylation sites is 2. The van der Waals surface area contributed by atoms with E-state index in [1.165, 1.54) is 18.2 Å². The highest BCUT2D eigenvalue weighted by Crippen LogP contribution is 2.29. The van der Waals surface area contributed by atoms with Crippen LogP contribution >= 0.6 is 0 Å². The van der Waals surface area contributed by atoms with E-state index < -0.39 is 4.92 Å². The summed E-state index contributed by atoms with van der Waals surface area (Å²) in [6, 6.07) is 15.5. The molecule has 0 saturated carbocycles. The van der Waals surface area contributed by atoms with Crippen molar-refractivity contribution in [2.75, 3.05) is 0 Å². The van der Waals surface area contributed by atoms with Crippen molar-refractivity contribution < 1.29 is 10.0 Å². The summed E-state index contributed by atoms with van der Waals surface area (Å²) < 4.78 is 1.98. The minimum atomic E-state index is -0.441. The summed E-state index contributed by atoms with van der Waals surface area (Å²) in [5.74, 6) is 0.594. The van der Waals surface area contributed by atoms with Crippen LogP contribution in [0.2, 0.25) is 0 Å². The maximum Gasteiger partial charge on any atom is 0.270 e. The summed E-state index contributed by atoms with van der Waals surface area (Å²) in [7, 11) is 0.